The molecule has 0 saturated heterocycles. The SMILES string of the molecule is Cc1nc2c(cc1C(=O)NC1C3CCCC1CC(N)C3)c(C)nn2C. The van der Waals surface area contributed by atoms with Crippen LogP contribution in [0.4, 0.5) is 0 Å². The minimum Gasteiger partial charge on any atom is -0.349 e. The fraction of sp³-hybridized carbons (Fsp3) is 0.632. The van der Waals surface area contributed by atoms with E-state index < -0.39 is 0 Å². The van der Waals surface area contributed by atoms with Crippen LogP contribution in [0.3, 0.4) is 0 Å². The minimum absolute atomic E-state index is 0.00692. The van der Waals surface area contributed by atoms with Crippen LogP contribution in [0.1, 0.15) is 53.8 Å². The Morgan fingerprint density at radius 3 is 2.60 bits per heavy atom. The van der Waals surface area contributed by atoms with E-state index in [1.807, 2.05) is 27.0 Å². The summed E-state index contributed by atoms with van der Waals surface area (Å²) in [7, 11) is 1.88. The summed E-state index contributed by atoms with van der Waals surface area (Å²) >= 11 is 0. The Hall–Kier alpha value is -1.95. The topological polar surface area (TPSA) is 85.8 Å². The molecule has 6 nitrogen and oxygen atoms in total. The second-order valence-electron chi connectivity index (χ2n) is 7.88. The number of aryl methyl sites for hydroxylation is 3. The first-order chi connectivity index (χ1) is 11.9. The first kappa shape index (κ1) is 16.5. The van der Waals surface area contributed by atoms with Gasteiger partial charge in [-0.15, -0.1) is 0 Å². The Morgan fingerprint density at radius 1 is 1.24 bits per heavy atom. The molecule has 25 heavy (non-hydrogen) atoms. The molecule has 2 aromatic heterocycles. The zero-order valence-electron chi connectivity index (χ0n) is 15.2. The van der Waals surface area contributed by atoms with E-state index in [4.69, 9.17) is 5.73 Å². The number of hydrogen-bond acceptors (Lipinski definition) is 4. The second kappa shape index (κ2) is 6.09. The molecular formula is C19H27N5O. The molecule has 4 rings (SSSR count). The van der Waals surface area contributed by atoms with Crippen LogP contribution in [0, 0.1) is 25.7 Å². The number of carbonyl (C=O) groups is 1. The highest BCUT2D eigenvalue weighted by Gasteiger charge is 2.40. The van der Waals surface area contributed by atoms with Gasteiger partial charge in [-0.25, -0.2) is 4.98 Å². The highest BCUT2D eigenvalue weighted by atomic mass is 16.1. The molecule has 2 bridgehead atoms. The Kier molecular flexibility index (Phi) is 4.02. The van der Waals surface area contributed by atoms with Crippen molar-refractivity contribution >= 4 is 16.9 Å². The van der Waals surface area contributed by atoms with Gasteiger partial charge in [-0.3, -0.25) is 9.48 Å². The summed E-state index contributed by atoms with van der Waals surface area (Å²) in [5, 5.41) is 8.69. The number of hydrogen-bond donors (Lipinski definition) is 2. The van der Waals surface area contributed by atoms with E-state index in [1.165, 1.54) is 19.3 Å². The Balaban J connectivity index is 1.62. The summed E-state index contributed by atoms with van der Waals surface area (Å²) in [4.78, 5) is 17.6. The van der Waals surface area contributed by atoms with Gasteiger partial charge in [0.25, 0.3) is 5.91 Å². The summed E-state index contributed by atoms with van der Waals surface area (Å²) in [6, 6.07) is 2.49. The number of nitrogens with zero attached hydrogens (tertiary/aromatic N) is 3. The molecule has 2 atom stereocenters. The number of nitrogens with two attached hydrogens (primary N) is 1. The number of amides is 1. The van der Waals surface area contributed by atoms with Gasteiger partial charge in [0.1, 0.15) is 0 Å². The van der Waals surface area contributed by atoms with Gasteiger partial charge in [0, 0.05) is 24.5 Å². The molecule has 2 aromatic rings. The van der Waals surface area contributed by atoms with Crippen LogP contribution in [-0.4, -0.2) is 32.8 Å². The predicted molar refractivity (Wildman–Crippen MR) is 97.3 cm³/mol. The molecular weight excluding hydrogens is 314 g/mol. The van der Waals surface area contributed by atoms with Crippen molar-refractivity contribution in [3.8, 4) is 0 Å². The minimum atomic E-state index is -0.00692. The first-order valence-corrected chi connectivity index (χ1v) is 9.31. The van der Waals surface area contributed by atoms with Gasteiger partial charge >= 0.3 is 0 Å². The van der Waals surface area contributed by atoms with Gasteiger partial charge in [-0.2, -0.15) is 5.10 Å². The van der Waals surface area contributed by atoms with Gasteiger partial charge in [0.2, 0.25) is 0 Å². The average molecular weight is 341 g/mol. The summed E-state index contributed by atoms with van der Waals surface area (Å²) in [5.41, 5.74) is 9.35. The third-order valence-electron chi connectivity index (χ3n) is 6.11. The molecule has 134 valence electrons. The van der Waals surface area contributed by atoms with Crippen LogP contribution in [0.5, 0.6) is 0 Å². The third kappa shape index (κ3) is 2.82. The monoisotopic (exact) mass is 341 g/mol. The van der Waals surface area contributed by atoms with Crippen molar-refractivity contribution < 1.29 is 4.79 Å². The van der Waals surface area contributed by atoms with E-state index in [-0.39, 0.29) is 11.9 Å². The summed E-state index contributed by atoms with van der Waals surface area (Å²) < 4.78 is 1.77. The lowest BCUT2D eigenvalue weighted by Crippen LogP contribution is -2.53. The lowest BCUT2D eigenvalue weighted by molar-refractivity contribution is 0.0755. The van der Waals surface area contributed by atoms with Crippen LogP contribution < -0.4 is 11.1 Å². The summed E-state index contributed by atoms with van der Waals surface area (Å²) in [5.74, 6) is 1.03. The zero-order chi connectivity index (χ0) is 17.7. The number of carbonyl (C=O) groups excluding carboxylic acids is 1. The molecule has 2 unspecified atom stereocenters. The van der Waals surface area contributed by atoms with Crippen molar-refractivity contribution in [1.82, 2.24) is 20.1 Å². The van der Waals surface area contributed by atoms with E-state index in [0.29, 0.717) is 23.4 Å². The molecule has 2 fully saturated rings. The van der Waals surface area contributed by atoms with Crippen LogP contribution in [0.25, 0.3) is 11.0 Å². The first-order valence-electron chi connectivity index (χ1n) is 9.31. The third-order valence-corrected chi connectivity index (χ3v) is 6.11. The predicted octanol–water partition coefficient (Wildman–Crippen LogP) is 2.22. The number of aromatic nitrogens is 3. The number of pyridine rings is 1. The molecule has 2 saturated carbocycles. The number of nitrogens with one attached hydrogen (secondary N) is 1. The highest BCUT2D eigenvalue weighted by Crippen LogP contribution is 2.39. The zero-order valence-corrected chi connectivity index (χ0v) is 15.2. The molecule has 3 N–H and O–H groups in total. The van der Waals surface area contributed by atoms with Gasteiger partial charge in [0.05, 0.1) is 17.0 Å². The lowest BCUT2D eigenvalue weighted by Gasteiger charge is -2.45. The standard InChI is InChI=1S/C19H27N5O/c1-10-16(9-15-11(2)23-24(3)18(15)21-10)19(25)22-17-12-5-4-6-13(17)8-14(20)7-12/h9,12-14,17H,4-8,20H2,1-3H3,(H,22,25). The molecule has 2 aliphatic rings. The van der Waals surface area contributed by atoms with Crippen molar-refractivity contribution in [2.45, 2.75) is 58.0 Å². The lowest BCUT2D eigenvalue weighted by atomic mass is 9.67. The van der Waals surface area contributed by atoms with Gasteiger partial charge in [-0.1, -0.05) is 6.42 Å². The molecule has 2 heterocycles. The van der Waals surface area contributed by atoms with Crippen LogP contribution in [-0.2, 0) is 7.05 Å². The largest absolute Gasteiger partial charge is 0.349 e. The maximum Gasteiger partial charge on any atom is 0.253 e. The van der Waals surface area contributed by atoms with Crippen LogP contribution in [0.15, 0.2) is 6.07 Å². The Bertz CT molecular complexity index is 813. The van der Waals surface area contributed by atoms with Gasteiger partial charge in [-0.05, 0) is 57.4 Å². The smallest absolute Gasteiger partial charge is 0.253 e. The summed E-state index contributed by atoms with van der Waals surface area (Å²) in [6.07, 6.45) is 5.66. The van der Waals surface area contributed by atoms with E-state index >= 15 is 0 Å². The van der Waals surface area contributed by atoms with E-state index in [2.05, 4.69) is 15.4 Å². The molecule has 0 aromatic carbocycles. The number of fused-ring (bicyclic) bond motifs is 3. The Morgan fingerprint density at radius 2 is 1.92 bits per heavy atom. The molecule has 6 heteroatoms. The van der Waals surface area contributed by atoms with E-state index in [1.54, 1.807) is 4.68 Å². The maximum absolute atomic E-state index is 13.0. The van der Waals surface area contributed by atoms with Gasteiger partial charge < -0.3 is 11.1 Å². The van der Waals surface area contributed by atoms with E-state index in [0.717, 1.165) is 35.3 Å². The fourth-order valence-electron chi connectivity index (χ4n) is 4.92. The molecule has 1 amide bonds. The van der Waals surface area contributed by atoms with E-state index in [9.17, 15) is 4.79 Å². The van der Waals surface area contributed by atoms with Crippen molar-refractivity contribution in [2.75, 3.05) is 0 Å². The number of rotatable bonds is 2. The van der Waals surface area contributed by atoms with Gasteiger partial charge in [0.15, 0.2) is 5.65 Å². The van der Waals surface area contributed by atoms with Crippen LogP contribution in [0.2, 0.25) is 0 Å². The summed E-state index contributed by atoms with van der Waals surface area (Å²) in [6.45, 7) is 3.85. The molecule has 0 spiro atoms. The second-order valence-corrected chi connectivity index (χ2v) is 7.88. The van der Waals surface area contributed by atoms with Crippen LogP contribution >= 0.6 is 0 Å². The Labute approximate surface area is 148 Å². The highest BCUT2D eigenvalue weighted by molar-refractivity contribution is 5.98. The maximum atomic E-state index is 13.0. The van der Waals surface area contributed by atoms with Crippen molar-refractivity contribution in [2.24, 2.45) is 24.6 Å². The average Bonchev–Trinajstić information content (AvgIpc) is 2.81. The van der Waals surface area contributed by atoms with Crippen molar-refractivity contribution in [3.63, 3.8) is 0 Å². The quantitative estimate of drug-likeness (QED) is 0.877. The molecule has 0 radical (unpaired) electrons. The molecule has 0 aliphatic heterocycles. The normalized spacial score (nSPS) is 29.0. The fourth-order valence-corrected chi connectivity index (χ4v) is 4.92. The van der Waals surface area contributed by atoms with Crippen molar-refractivity contribution in [1.29, 1.82) is 0 Å². The molecule has 2 aliphatic carbocycles. The van der Waals surface area contributed by atoms with Crippen molar-refractivity contribution in [3.05, 3.63) is 23.0 Å².